The van der Waals surface area contributed by atoms with E-state index in [-0.39, 0.29) is 5.91 Å². The fourth-order valence-electron chi connectivity index (χ4n) is 2.16. The molecule has 0 radical (unpaired) electrons. The Morgan fingerprint density at radius 3 is 3.06 bits per heavy atom. The first kappa shape index (κ1) is 10.5. The van der Waals surface area contributed by atoms with Crippen molar-refractivity contribution in [3.05, 3.63) is 47.5 Å². The number of hydrogen-bond donors (Lipinski definition) is 2. The van der Waals surface area contributed by atoms with Crippen LogP contribution in [0.25, 0.3) is 0 Å². The second kappa shape index (κ2) is 4.00. The quantitative estimate of drug-likeness (QED) is 0.833. The van der Waals surface area contributed by atoms with Crippen LogP contribution in [-0.2, 0) is 11.2 Å². The number of rotatable bonds is 2. The van der Waals surface area contributed by atoms with Crippen molar-refractivity contribution in [1.82, 2.24) is 9.97 Å². The molecular weight excluding hydrogens is 228 g/mol. The van der Waals surface area contributed by atoms with Crippen LogP contribution >= 0.6 is 0 Å². The third kappa shape index (κ3) is 1.64. The number of nitriles is 1. The number of fused-ring (bicyclic) bond motifs is 1. The number of aromatic nitrogens is 2. The van der Waals surface area contributed by atoms with E-state index >= 15 is 0 Å². The molecule has 2 N–H and O–H groups in total. The van der Waals surface area contributed by atoms with Crippen LogP contribution in [0, 0.1) is 11.3 Å². The maximum absolute atomic E-state index is 11.3. The van der Waals surface area contributed by atoms with Gasteiger partial charge in [-0.2, -0.15) is 5.26 Å². The maximum Gasteiger partial charge on any atom is 0.228 e. The molecule has 1 aliphatic rings. The van der Waals surface area contributed by atoms with E-state index in [9.17, 15) is 10.1 Å². The Bertz CT molecular complexity index is 640. The van der Waals surface area contributed by atoms with Crippen LogP contribution in [-0.4, -0.2) is 15.9 Å². The average molecular weight is 238 g/mol. The molecular formula is C13H10N4O. The molecule has 1 atom stereocenters. The molecule has 2 aromatic rings. The zero-order chi connectivity index (χ0) is 12.5. The van der Waals surface area contributed by atoms with E-state index in [1.807, 2.05) is 18.2 Å². The van der Waals surface area contributed by atoms with Crippen molar-refractivity contribution >= 4 is 11.6 Å². The Labute approximate surface area is 103 Å². The number of nitrogens with one attached hydrogen (secondary N) is 2. The Balaban J connectivity index is 2.01. The van der Waals surface area contributed by atoms with Crippen molar-refractivity contribution in [2.24, 2.45) is 0 Å². The van der Waals surface area contributed by atoms with Gasteiger partial charge in [-0.3, -0.25) is 4.79 Å². The van der Waals surface area contributed by atoms with Gasteiger partial charge in [0, 0.05) is 18.1 Å². The van der Waals surface area contributed by atoms with Gasteiger partial charge in [0.2, 0.25) is 5.91 Å². The normalized spacial score (nSPS) is 14.7. The van der Waals surface area contributed by atoms with Gasteiger partial charge in [-0.1, -0.05) is 12.1 Å². The third-order valence-corrected chi connectivity index (χ3v) is 3.01. The van der Waals surface area contributed by atoms with Crippen LogP contribution in [0.1, 0.15) is 22.9 Å². The largest absolute Gasteiger partial charge is 0.347 e. The number of amides is 1. The average Bonchev–Trinajstić information content (AvgIpc) is 2.97. The number of carbonyl (C=O) groups excluding carboxylic acids is 1. The smallest absolute Gasteiger partial charge is 0.228 e. The van der Waals surface area contributed by atoms with E-state index in [2.05, 4.69) is 21.4 Å². The number of hydrogen-bond acceptors (Lipinski definition) is 3. The summed E-state index contributed by atoms with van der Waals surface area (Å²) in [5, 5.41) is 12.0. The number of aromatic amines is 1. The van der Waals surface area contributed by atoms with Gasteiger partial charge in [0.05, 0.1) is 12.5 Å². The molecule has 1 unspecified atom stereocenters. The highest BCUT2D eigenvalue weighted by Crippen LogP contribution is 2.28. The van der Waals surface area contributed by atoms with E-state index in [4.69, 9.17) is 0 Å². The summed E-state index contributed by atoms with van der Waals surface area (Å²) < 4.78 is 0. The van der Waals surface area contributed by atoms with Crippen molar-refractivity contribution in [3.63, 3.8) is 0 Å². The van der Waals surface area contributed by atoms with E-state index in [1.54, 1.807) is 12.4 Å². The zero-order valence-corrected chi connectivity index (χ0v) is 9.47. The summed E-state index contributed by atoms with van der Waals surface area (Å²) in [6, 6.07) is 7.80. The van der Waals surface area contributed by atoms with Crippen LogP contribution in [0.2, 0.25) is 0 Å². The lowest BCUT2D eigenvalue weighted by Crippen LogP contribution is -2.03. The number of anilines is 1. The van der Waals surface area contributed by atoms with Crippen LogP contribution < -0.4 is 5.32 Å². The fourth-order valence-corrected chi connectivity index (χ4v) is 2.16. The van der Waals surface area contributed by atoms with E-state index in [1.165, 1.54) is 0 Å². The Hall–Kier alpha value is -2.61. The standard InChI is InChI=1S/C13H10N4O/c14-7-10(13-15-3-4-16-13)8-1-2-11-9(5-8)6-12(18)17-11/h1-5,10H,6H2,(H,15,16)(H,17,18). The molecule has 0 fully saturated rings. The number of benzene rings is 1. The second-order valence-corrected chi connectivity index (χ2v) is 4.18. The fraction of sp³-hybridized carbons (Fsp3) is 0.154. The van der Waals surface area contributed by atoms with E-state index in [0.717, 1.165) is 16.8 Å². The minimum atomic E-state index is -0.430. The SMILES string of the molecule is N#CC(c1ccc2c(c1)CC(=O)N2)c1ncc[nH]1. The van der Waals surface area contributed by atoms with Gasteiger partial charge in [-0.05, 0) is 17.2 Å². The number of H-pyrrole nitrogens is 1. The molecule has 1 aliphatic heterocycles. The lowest BCUT2D eigenvalue weighted by molar-refractivity contribution is -0.115. The van der Waals surface area contributed by atoms with E-state index < -0.39 is 5.92 Å². The lowest BCUT2D eigenvalue weighted by Gasteiger charge is -2.08. The molecule has 1 aromatic carbocycles. The van der Waals surface area contributed by atoms with Crippen LogP contribution in [0.4, 0.5) is 5.69 Å². The summed E-state index contributed by atoms with van der Waals surface area (Å²) in [6.45, 7) is 0. The van der Waals surface area contributed by atoms with Crippen molar-refractivity contribution < 1.29 is 4.79 Å². The van der Waals surface area contributed by atoms with Gasteiger partial charge in [-0.25, -0.2) is 4.98 Å². The molecule has 0 bridgehead atoms. The number of imidazole rings is 1. The summed E-state index contributed by atoms with van der Waals surface area (Å²) >= 11 is 0. The number of nitrogens with zero attached hydrogens (tertiary/aromatic N) is 2. The van der Waals surface area contributed by atoms with Gasteiger partial charge in [0.1, 0.15) is 11.7 Å². The van der Waals surface area contributed by atoms with Gasteiger partial charge in [0.15, 0.2) is 0 Å². The molecule has 5 heteroatoms. The Morgan fingerprint density at radius 2 is 2.33 bits per heavy atom. The van der Waals surface area contributed by atoms with Crippen molar-refractivity contribution in [2.75, 3.05) is 5.32 Å². The highest BCUT2D eigenvalue weighted by Gasteiger charge is 2.21. The molecule has 18 heavy (non-hydrogen) atoms. The minimum Gasteiger partial charge on any atom is -0.347 e. The van der Waals surface area contributed by atoms with Crippen LogP contribution in [0.3, 0.4) is 0 Å². The Morgan fingerprint density at radius 1 is 1.44 bits per heavy atom. The highest BCUT2D eigenvalue weighted by molar-refractivity contribution is 5.99. The first-order chi connectivity index (χ1) is 8.78. The molecule has 5 nitrogen and oxygen atoms in total. The van der Waals surface area contributed by atoms with Crippen LogP contribution in [0.15, 0.2) is 30.6 Å². The van der Waals surface area contributed by atoms with Crippen molar-refractivity contribution in [1.29, 1.82) is 5.26 Å². The molecule has 1 amide bonds. The molecule has 0 saturated heterocycles. The molecule has 3 rings (SSSR count). The third-order valence-electron chi connectivity index (χ3n) is 3.01. The van der Waals surface area contributed by atoms with Gasteiger partial charge >= 0.3 is 0 Å². The summed E-state index contributed by atoms with van der Waals surface area (Å²) in [5.74, 6) is 0.185. The molecule has 0 saturated carbocycles. The summed E-state index contributed by atoms with van der Waals surface area (Å²) in [4.78, 5) is 18.3. The molecule has 2 heterocycles. The highest BCUT2D eigenvalue weighted by atomic mass is 16.1. The molecule has 88 valence electrons. The second-order valence-electron chi connectivity index (χ2n) is 4.18. The topological polar surface area (TPSA) is 81.6 Å². The van der Waals surface area contributed by atoms with Gasteiger partial charge < -0.3 is 10.3 Å². The van der Waals surface area contributed by atoms with E-state index in [0.29, 0.717) is 12.2 Å². The molecule has 0 aliphatic carbocycles. The lowest BCUT2D eigenvalue weighted by atomic mass is 9.97. The molecule has 1 aromatic heterocycles. The van der Waals surface area contributed by atoms with Gasteiger partial charge in [0.25, 0.3) is 0 Å². The predicted octanol–water partition coefficient (Wildman–Crippen LogP) is 1.56. The minimum absolute atomic E-state index is 0.00587. The Kier molecular flexibility index (Phi) is 2.34. The summed E-state index contributed by atoms with van der Waals surface area (Å²) in [5.41, 5.74) is 2.62. The predicted molar refractivity (Wildman–Crippen MR) is 64.8 cm³/mol. The first-order valence-electron chi connectivity index (χ1n) is 5.59. The molecule has 0 spiro atoms. The van der Waals surface area contributed by atoms with Gasteiger partial charge in [-0.15, -0.1) is 0 Å². The monoisotopic (exact) mass is 238 g/mol. The van der Waals surface area contributed by atoms with Crippen LogP contribution in [0.5, 0.6) is 0 Å². The summed E-state index contributed by atoms with van der Waals surface area (Å²) in [6.07, 6.45) is 3.69. The number of carbonyl (C=O) groups is 1. The summed E-state index contributed by atoms with van der Waals surface area (Å²) in [7, 11) is 0. The van der Waals surface area contributed by atoms with Crippen molar-refractivity contribution in [3.8, 4) is 6.07 Å². The van der Waals surface area contributed by atoms with Crippen molar-refractivity contribution in [2.45, 2.75) is 12.3 Å². The first-order valence-corrected chi connectivity index (χ1v) is 5.59. The maximum atomic E-state index is 11.3. The zero-order valence-electron chi connectivity index (χ0n) is 9.47.